The molecule has 0 bridgehead atoms. The predicted molar refractivity (Wildman–Crippen MR) is 67.6 cm³/mol. The highest BCUT2D eigenvalue weighted by Crippen LogP contribution is 2.09. The van der Waals surface area contributed by atoms with E-state index in [4.69, 9.17) is 15.3 Å². The second-order valence-corrected chi connectivity index (χ2v) is 3.57. The van der Waals surface area contributed by atoms with Gasteiger partial charge in [-0.15, -0.1) is 0 Å². The summed E-state index contributed by atoms with van der Waals surface area (Å²) in [6.07, 6.45) is 0.000278. The lowest BCUT2D eigenvalue weighted by atomic mass is 10.1. The van der Waals surface area contributed by atoms with Crippen LogP contribution in [0.5, 0.6) is 11.5 Å². The van der Waals surface area contributed by atoms with Gasteiger partial charge in [-0.05, 0) is 29.8 Å². The highest BCUT2D eigenvalue weighted by Gasteiger charge is 1.98. The SMILES string of the molecule is O=C(O)Cc1ccc(O)cc1.Oc1ccccc1. The Balaban J connectivity index is 0.000000199. The van der Waals surface area contributed by atoms with Gasteiger partial charge in [0.15, 0.2) is 0 Å². The third kappa shape index (κ3) is 5.55. The minimum Gasteiger partial charge on any atom is -0.508 e. The Kier molecular flexibility index (Phi) is 5.25. The van der Waals surface area contributed by atoms with Crippen molar-refractivity contribution in [3.05, 3.63) is 60.2 Å². The molecule has 0 radical (unpaired) electrons. The molecular weight excluding hydrogens is 232 g/mol. The number of rotatable bonds is 2. The summed E-state index contributed by atoms with van der Waals surface area (Å²) in [6.45, 7) is 0. The average molecular weight is 246 g/mol. The predicted octanol–water partition coefficient (Wildman–Crippen LogP) is 2.41. The largest absolute Gasteiger partial charge is 0.508 e. The van der Waals surface area contributed by atoms with Gasteiger partial charge in [-0.25, -0.2) is 0 Å². The molecule has 0 saturated carbocycles. The molecule has 0 atom stereocenters. The van der Waals surface area contributed by atoms with E-state index in [9.17, 15) is 4.79 Å². The number of phenols is 2. The zero-order valence-electron chi connectivity index (χ0n) is 9.65. The highest BCUT2D eigenvalue weighted by molar-refractivity contribution is 5.70. The van der Waals surface area contributed by atoms with Crippen LogP contribution in [0.1, 0.15) is 5.56 Å². The van der Waals surface area contributed by atoms with Crippen LogP contribution in [-0.4, -0.2) is 21.3 Å². The lowest BCUT2D eigenvalue weighted by Crippen LogP contribution is -1.98. The van der Waals surface area contributed by atoms with Crippen molar-refractivity contribution in [2.45, 2.75) is 6.42 Å². The van der Waals surface area contributed by atoms with Crippen molar-refractivity contribution in [1.29, 1.82) is 0 Å². The lowest BCUT2D eigenvalue weighted by molar-refractivity contribution is -0.136. The molecule has 0 heterocycles. The number of carboxylic acid groups (broad SMARTS) is 1. The van der Waals surface area contributed by atoms with Crippen molar-refractivity contribution in [3.8, 4) is 11.5 Å². The van der Waals surface area contributed by atoms with Gasteiger partial charge in [0.05, 0.1) is 6.42 Å². The number of para-hydroxylation sites is 1. The van der Waals surface area contributed by atoms with Crippen LogP contribution in [-0.2, 0) is 11.2 Å². The Morgan fingerprint density at radius 2 is 1.33 bits per heavy atom. The molecule has 2 aromatic rings. The molecule has 4 heteroatoms. The molecule has 2 rings (SSSR count). The molecule has 0 amide bonds. The summed E-state index contributed by atoms with van der Waals surface area (Å²) < 4.78 is 0. The number of phenolic OH excluding ortho intramolecular Hbond substituents is 2. The maximum atomic E-state index is 10.2. The quantitative estimate of drug-likeness (QED) is 0.760. The Bertz CT molecular complexity index is 477. The monoisotopic (exact) mass is 246 g/mol. The summed E-state index contributed by atoms with van der Waals surface area (Å²) in [5, 5.41) is 25.8. The maximum absolute atomic E-state index is 10.2. The number of benzene rings is 2. The molecule has 0 aliphatic heterocycles. The van der Waals surface area contributed by atoms with Crippen LogP contribution >= 0.6 is 0 Å². The molecule has 0 saturated heterocycles. The first-order chi connectivity index (χ1) is 8.58. The van der Waals surface area contributed by atoms with Gasteiger partial charge in [-0.3, -0.25) is 4.79 Å². The van der Waals surface area contributed by atoms with Crippen LogP contribution in [0.3, 0.4) is 0 Å². The van der Waals surface area contributed by atoms with Crippen molar-refractivity contribution in [3.63, 3.8) is 0 Å². The summed E-state index contributed by atoms with van der Waals surface area (Å²) in [4.78, 5) is 10.2. The number of hydrogen-bond donors (Lipinski definition) is 3. The molecule has 18 heavy (non-hydrogen) atoms. The van der Waals surface area contributed by atoms with Crippen LogP contribution in [0.4, 0.5) is 0 Å². The standard InChI is InChI=1S/C8H8O3.C6H6O/c9-7-3-1-6(2-4-7)5-8(10)11;7-6-4-2-1-3-5-6/h1-4,9H,5H2,(H,10,11);1-5,7H. The van der Waals surface area contributed by atoms with E-state index < -0.39 is 5.97 Å². The van der Waals surface area contributed by atoms with E-state index in [0.717, 1.165) is 0 Å². The number of hydrogen-bond acceptors (Lipinski definition) is 3. The molecule has 0 fully saturated rings. The Labute approximate surface area is 105 Å². The molecule has 0 aliphatic rings. The molecule has 2 aromatic carbocycles. The van der Waals surface area contributed by atoms with Crippen molar-refractivity contribution >= 4 is 5.97 Å². The van der Waals surface area contributed by atoms with Crippen LogP contribution in [0, 0.1) is 0 Å². The van der Waals surface area contributed by atoms with Crippen LogP contribution in [0.15, 0.2) is 54.6 Å². The molecule has 0 unspecified atom stereocenters. The minimum absolute atomic E-state index is 0.000278. The minimum atomic E-state index is -0.865. The van der Waals surface area contributed by atoms with E-state index in [1.165, 1.54) is 12.1 Å². The van der Waals surface area contributed by atoms with Crippen LogP contribution in [0.25, 0.3) is 0 Å². The van der Waals surface area contributed by atoms with Gasteiger partial charge in [0.1, 0.15) is 11.5 Å². The van der Waals surface area contributed by atoms with Crippen molar-refractivity contribution < 1.29 is 20.1 Å². The number of carboxylic acids is 1. The van der Waals surface area contributed by atoms with E-state index in [2.05, 4.69) is 0 Å². The number of aliphatic carboxylic acids is 1. The zero-order chi connectivity index (χ0) is 13.4. The van der Waals surface area contributed by atoms with Gasteiger partial charge in [0, 0.05) is 0 Å². The van der Waals surface area contributed by atoms with E-state index in [0.29, 0.717) is 11.3 Å². The van der Waals surface area contributed by atoms with Crippen LogP contribution in [0.2, 0.25) is 0 Å². The van der Waals surface area contributed by atoms with E-state index in [1.54, 1.807) is 36.4 Å². The van der Waals surface area contributed by atoms with Crippen molar-refractivity contribution in [2.75, 3.05) is 0 Å². The Morgan fingerprint density at radius 3 is 1.72 bits per heavy atom. The molecule has 4 nitrogen and oxygen atoms in total. The summed E-state index contributed by atoms with van der Waals surface area (Å²) in [6, 6.07) is 14.8. The zero-order valence-corrected chi connectivity index (χ0v) is 9.65. The van der Waals surface area contributed by atoms with Gasteiger partial charge in [-0.1, -0.05) is 30.3 Å². The fourth-order valence-corrected chi connectivity index (χ4v) is 1.22. The topological polar surface area (TPSA) is 77.8 Å². The first-order valence-electron chi connectivity index (χ1n) is 5.31. The molecule has 0 spiro atoms. The fourth-order valence-electron chi connectivity index (χ4n) is 1.22. The molecule has 0 aromatic heterocycles. The Morgan fingerprint density at radius 1 is 0.833 bits per heavy atom. The summed E-state index contributed by atoms with van der Waals surface area (Å²) in [5.41, 5.74) is 0.690. The summed E-state index contributed by atoms with van der Waals surface area (Å²) in [7, 11) is 0. The lowest BCUT2D eigenvalue weighted by Gasteiger charge is -1.95. The highest BCUT2D eigenvalue weighted by atomic mass is 16.4. The summed E-state index contributed by atoms with van der Waals surface area (Å²) >= 11 is 0. The number of aromatic hydroxyl groups is 2. The first kappa shape index (κ1) is 13.6. The normalized spacial score (nSPS) is 9.11. The smallest absolute Gasteiger partial charge is 0.307 e. The van der Waals surface area contributed by atoms with E-state index >= 15 is 0 Å². The van der Waals surface area contributed by atoms with Crippen molar-refractivity contribution in [2.24, 2.45) is 0 Å². The number of carbonyl (C=O) groups is 1. The van der Waals surface area contributed by atoms with Gasteiger partial charge < -0.3 is 15.3 Å². The fraction of sp³-hybridized carbons (Fsp3) is 0.0714. The summed E-state index contributed by atoms with van der Waals surface area (Å²) in [5.74, 6) is -0.391. The third-order valence-corrected chi connectivity index (χ3v) is 2.05. The molecule has 0 aliphatic carbocycles. The molecule has 94 valence electrons. The van der Waals surface area contributed by atoms with E-state index in [1.807, 2.05) is 6.07 Å². The van der Waals surface area contributed by atoms with Gasteiger partial charge in [0.25, 0.3) is 0 Å². The van der Waals surface area contributed by atoms with Gasteiger partial charge in [0.2, 0.25) is 0 Å². The third-order valence-electron chi connectivity index (χ3n) is 2.05. The maximum Gasteiger partial charge on any atom is 0.307 e. The second kappa shape index (κ2) is 6.96. The van der Waals surface area contributed by atoms with Crippen molar-refractivity contribution in [1.82, 2.24) is 0 Å². The molecule has 3 N–H and O–H groups in total. The average Bonchev–Trinajstić information content (AvgIpc) is 2.33. The first-order valence-corrected chi connectivity index (χ1v) is 5.31. The van der Waals surface area contributed by atoms with E-state index in [-0.39, 0.29) is 12.2 Å². The van der Waals surface area contributed by atoms with Gasteiger partial charge in [-0.2, -0.15) is 0 Å². The Hall–Kier alpha value is -2.49. The van der Waals surface area contributed by atoms with Crippen LogP contribution < -0.4 is 0 Å². The second-order valence-electron chi connectivity index (χ2n) is 3.57. The molecular formula is C14H14O4. The van der Waals surface area contributed by atoms with Gasteiger partial charge >= 0.3 is 5.97 Å².